The number of aryl methyl sites for hydroxylation is 2. The van der Waals surface area contributed by atoms with Gasteiger partial charge in [-0.05, 0) is 68.2 Å². The predicted molar refractivity (Wildman–Crippen MR) is 84.4 cm³/mol. The lowest BCUT2D eigenvalue weighted by molar-refractivity contribution is 0.0569. The first-order valence-corrected chi connectivity index (χ1v) is 9.83. The molecule has 0 unspecified atom stereocenters. The molecule has 120 valence electrons. The average molecular weight is 321 g/mol. The van der Waals surface area contributed by atoms with Crippen molar-refractivity contribution in [3.63, 3.8) is 0 Å². The third-order valence-corrected chi connectivity index (χ3v) is 7.10. The van der Waals surface area contributed by atoms with Gasteiger partial charge in [0.1, 0.15) is 0 Å². The lowest BCUT2D eigenvalue weighted by Crippen LogP contribution is -2.44. The van der Waals surface area contributed by atoms with Gasteiger partial charge in [0.2, 0.25) is 10.0 Å². The molecule has 4 nitrogen and oxygen atoms in total. The third-order valence-electron chi connectivity index (χ3n) is 5.10. The molecule has 0 radical (unpaired) electrons. The largest absolute Gasteiger partial charge is 0.381 e. The zero-order valence-corrected chi connectivity index (χ0v) is 13.6. The molecule has 3 aliphatic rings. The summed E-state index contributed by atoms with van der Waals surface area (Å²) in [4.78, 5) is 0.492. The van der Waals surface area contributed by atoms with Crippen molar-refractivity contribution in [3.8, 4) is 0 Å². The van der Waals surface area contributed by atoms with Gasteiger partial charge in [-0.2, -0.15) is 4.31 Å². The smallest absolute Gasteiger partial charge is 0.243 e. The number of hydrogen-bond acceptors (Lipinski definition) is 3. The van der Waals surface area contributed by atoms with Gasteiger partial charge in [-0.1, -0.05) is 6.07 Å². The first-order chi connectivity index (χ1) is 10.7. The summed E-state index contributed by atoms with van der Waals surface area (Å²) in [5.41, 5.74) is 2.55. The topological polar surface area (TPSA) is 46.6 Å². The van der Waals surface area contributed by atoms with Crippen molar-refractivity contribution in [2.24, 2.45) is 0 Å². The highest BCUT2D eigenvalue weighted by atomic mass is 32.2. The molecule has 0 aromatic heterocycles. The molecule has 1 aliphatic heterocycles. The molecule has 1 aromatic rings. The summed E-state index contributed by atoms with van der Waals surface area (Å²) in [6.07, 6.45) is 6.89. The van der Waals surface area contributed by atoms with Crippen molar-refractivity contribution < 1.29 is 13.2 Å². The van der Waals surface area contributed by atoms with Gasteiger partial charge in [0, 0.05) is 25.3 Å². The molecule has 0 amide bonds. The molecule has 0 spiro atoms. The van der Waals surface area contributed by atoms with E-state index in [4.69, 9.17) is 4.74 Å². The Balaban J connectivity index is 1.68. The van der Waals surface area contributed by atoms with Crippen LogP contribution in [0.25, 0.3) is 0 Å². The first kappa shape index (κ1) is 14.7. The van der Waals surface area contributed by atoms with Gasteiger partial charge >= 0.3 is 0 Å². The second kappa shape index (κ2) is 5.62. The van der Waals surface area contributed by atoms with Gasteiger partial charge in [-0.3, -0.25) is 0 Å². The Morgan fingerprint density at radius 1 is 0.955 bits per heavy atom. The van der Waals surface area contributed by atoms with E-state index in [-0.39, 0.29) is 12.1 Å². The first-order valence-electron chi connectivity index (χ1n) is 8.39. The van der Waals surface area contributed by atoms with Crippen LogP contribution in [0.3, 0.4) is 0 Å². The minimum atomic E-state index is -3.38. The summed E-state index contributed by atoms with van der Waals surface area (Å²) in [6.45, 7) is 1.35. The molecule has 2 aliphatic carbocycles. The number of ether oxygens (including phenoxy) is 1. The van der Waals surface area contributed by atoms with Gasteiger partial charge in [-0.25, -0.2) is 8.42 Å². The molecular weight excluding hydrogens is 298 g/mol. The van der Waals surface area contributed by atoms with E-state index < -0.39 is 10.0 Å². The van der Waals surface area contributed by atoms with Crippen LogP contribution in [0, 0.1) is 0 Å². The standard InChI is InChI=1S/C17H23NO3S/c19-22(20,17-7-4-13-2-1-3-14(13)12-17)18(15-5-6-15)16-8-10-21-11-9-16/h4,7,12,15-16H,1-3,5-6,8-11H2. The molecule has 0 bridgehead atoms. The minimum absolute atomic E-state index is 0.111. The molecule has 5 heteroatoms. The van der Waals surface area contributed by atoms with Crippen molar-refractivity contribution in [1.29, 1.82) is 0 Å². The Morgan fingerprint density at radius 3 is 2.36 bits per heavy atom. The summed E-state index contributed by atoms with van der Waals surface area (Å²) in [5.74, 6) is 0. The summed E-state index contributed by atoms with van der Waals surface area (Å²) in [6, 6.07) is 6.08. The lowest BCUT2D eigenvalue weighted by atomic mass is 10.1. The Kier molecular flexibility index (Phi) is 3.75. The molecule has 1 aromatic carbocycles. The number of rotatable bonds is 4. The van der Waals surface area contributed by atoms with Crippen molar-refractivity contribution >= 4 is 10.0 Å². The minimum Gasteiger partial charge on any atom is -0.381 e. The fraction of sp³-hybridized carbons (Fsp3) is 0.647. The van der Waals surface area contributed by atoms with E-state index >= 15 is 0 Å². The van der Waals surface area contributed by atoms with Gasteiger partial charge in [0.05, 0.1) is 4.90 Å². The molecule has 1 heterocycles. The maximum atomic E-state index is 13.2. The van der Waals surface area contributed by atoms with E-state index in [2.05, 4.69) is 0 Å². The van der Waals surface area contributed by atoms with E-state index in [1.54, 1.807) is 0 Å². The SMILES string of the molecule is O=S(=O)(c1ccc2c(c1)CCC2)N(C1CCOCC1)C1CC1. The molecule has 2 fully saturated rings. The molecule has 1 saturated carbocycles. The van der Waals surface area contributed by atoms with Crippen LogP contribution in [0.1, 0.15) is 43.2 Å². The maximum Gasteiger partial charge on any atom is 0.243 e. The van der Waals surface area contributed by atoms with Gasteiger partial charge in [0.25, 0.3) is 0 Å². The van der Waals surface area contributed by atoms with Crippen LogP contribution in [-0.2, 0) is 27.6 Å². The lowest BCUT2D eigenvalue weighted by Gasteiger charge is -2.33. The highest BCUT2D eigenvalue weighted by molar-refractivity contribution is 7.89. The monoisotopic (exact) mass is 321 g/mol. The fourth-order valence-corrected chi connectivity index (χ4v) is 5.77. The molecule has 22 heavy (non-hydrogen) atoms. The summed E-state index contributed by atoms with van der Waals surface area (Å²) >= 11 is 0. The number of benzene rings is 1. The molecule has 0 N–H and O–H groups in total. The Labute approximate surface area is 132 Å². The van der Waals surface area contributed by atoms with E-state index in [0.717, 1.165) is 44.9 Å². The third kappa shape index (κ3) is 2.59. The number of sulfonamides is 1. The predicted octanol–water partition coefficient (Wildman–Crippen LogP) is 2.51. The summed E-state index contributed by atoms with van der Waals surface area (Å²) in [5, 5.41) is 0. The van der Waals surface area contributed by atoms with E-state index in [0.29, 0.717) is 18.1 Å². The van der Waals surface area contributed by atoms with Gasteiger partial charge in [-0.15, -0.1) is 0 Å². The van der Waals surface area contributed by atoms with Crippen LogP contribution in [0.5, 0.6) is 0 Å². The molecular formula is C17H23NO3S. The molecule has 4 rings (SSSR count). The highest BCUT2D eigenvalue weighted by Crippen LogP contribution is 2.37. The zero-order chi connectivity index (χ0) is 15.2. The number of nitrogens with zero attached hydrogens (tertiary/aromatic N) is 1. The van der Waals surface area contributed by atoms with Crippen LogP contribution >= 0.6 is 0 Å². The highest BCUT2D eigenvalue weighted by Gasteiger charge is 2.43. The number of fused-ring (bicyclic) bond motifs is 1. The fourth-order valence-electron chi connectivity index (χ4n) is 3.79. The molecule has 0 atom stereocenters. The Bertz CT molecular complexity index is 660. The van der Waals surface area contributed by atoms with Gasteiger partial charge < -0.3 is 4.74 Å². The quantitative estimate of drug-likeness (QED) is 0.856. The Morgan fingerprint density at radius 2 is 1.64 bits per heavy atom. The van der Waals surface area contributed by atoms with E-state index in [9.17, 15) is 8.42 Å². The van der Waals surface area contributed by atoms with Crippen molar-refractivity contribution in [2.75, 3.05) is 13.2 Å². The van der Waals surface area contributed by atoms with Crippen LogP contribution < -0.4 is 0 Å². The second-order valence-corrected chi connectivity index (χ2v) is 8.54. The van der Waals surface area contributed by atoms with Crippen LogP contribution in [0.15, 0.2) is 23.1 Å². The van der Waals surface area contributed by atoms with Crippen LogP contribution in [0.4, 0.5) is 0 Å². The maximum absolute atomic E-state index is 13.2. The van der Waals surface area contributed by atoms with Crippen molar-refractivity contribution in [1.82, 2.24) is 4.31 Å². The van der Waals surface area contributed by atoms with Crippen molar-refractivity contribution in [3.05, 3.63) is 29.3 Å². The van der Waals surface area contributed by atoms with Gasteiger partial charge in [0.15, 0.2) is 0 Å². The Hall–Kier alpha value is -0.910. The number of hydrogen-bond donors (Lipinski definition) is 0. The van der Waals surface area contributed by atoms with Crippen LogP contribution in [0.2, 0.25) is 0 Å². The van der Waals surface area contributed by atoms with Crippen LogP contribution in [-0.4, -0.2) is 38.0 Å². The van der Waals surface area contributed by atoms with E-state index in [1.807, 2.05) is 22.5 Å². The molecule has 1 saturated heterocycles. The second-order valence-electron chi connectivity index (χ2n) is 6.69. The summed E-state index contributed by atoms with van der Waals surface area (Å²) < 4.78 is 33.6. The average Bonchev–Trinajstić information content (AvgIpc) is 3.23. The normalized spacial score (nSPS) is 23.0. The summed E-state index contributed by atoms with van der Waals surface area (Å²) in [7, 11) is -3.38. The zero-order valence-electron chi connectivity index (χ0n) is 12.8. The van der Waals surface area contributed by atoms with Crippen molar-refractivity contribution in [2.45, 2.75) is 61.9 Å². The van der Waals surface area contributed by atoms with E-state index in [1.165, 1.54) is 11.1 Å².